The van der Waals surface area contributed by atoms with Crippen molar-refractivity contribution in [2.75, 3.05) is 39.3 Å². The molecule has 0 radical (unpaired) electrons. The number of carboxylic acid groups (broad SMARTS) is 1. The summed E-state index contributed by atoms with van der Waals surface area (Å²) in [4.78, 5) is 42.7. The van der Waals surface area contributed by atoms with Crippen LogP contribution < -0.4 is 5.73 Å². The Hall–Kier alpha value is -1.62. The van der Waals surface area contributed by atoms with Gasteiger partial charge in [0.25, 0.3) is 0 Å². The molecule has 3 fully saturated rings. The molecule has 0 aromatic rings. The van der Waals surface area contributed by atoms with Crippen molar-refractivity contribution in [1.29, 1.82) is 0 Å². The number of β-lactam (4-membered cyclic amide) rings is 1. The van der Waals surface area contributed by atoms with E-state index in [4.69, 9.17) is 5.73 Å². The SMILES string of the molecule is C[C@@H](O)[C@H]1C(=O)N2C(C(=O)O)=C(S[C@@H]3CCN(CC4CCN(C(=O)CN)CC4)C3)[C@H](C)[C@H]12. The van der Waals surface area contributed by atoms with Crippen molar-refractivity contribution in [2.45, 2.75) is 50.5 Å². The maximum Gasteiger partial charge on any atom is 0.353 e. The van der Waals surface area contributed by atoms with Crippen LogP contribution in [0, 0.1) is 17.8 Å². The number of aliphatic hydroxyl groups excluding tert-OH is 1. The molecule has 4 heterocycles. The average Bonchev–Trinajstić information content (AvgIpc) is 3.29. The van der Waals surface area contributed by atoms with Crippen molar-refractivity contribution in [3.05, 3.63) is 10.6 Å². The van der Waals surface area contributed by atoms with Gasteiger partial charge in [-0.25, -0.2) is 4.79 Å². The molecular formula is C22H34N4O5S. The highest BCUT2D eigenvalue weighted by atomic mass is 32.2. The summed E-state index contributed by atoms with van der Waals surface area (Å²) in [6, 6.07) is -0.255. The number of piperidine rings is 1. The number of hydrogen-bond donors (Lipinski definition) is 3. The summed E-state index contributed by atoms with van der Waals surface area (Å²) in [5, 5.41) is 20.1. The molecule has 10 heteroatoms. The van der Waals surface area contributed by atoms with Crippen LogP contribution in [0.15, 0.2) is 10.6 Å². The second-order valence-corrected chi connectivity index (χ2v) is 10.9. The van der Waals surface area contributed by atoms with E-state index in [2.05, 4.69) is 4.90 Å². The first-order valence-corrected chi connectivity index (χ1v) is 12.5. The lowest BCUT2D eigenvalue weighted by atomic mass is 9.79. The smallest absolute Gasteiger partial charge is 0.353 e. The number of aliphatic carboxylic acids is 1. The van der Waals surface area contributed by atoms with Gasteiger partial charge in [0, 0.05) is 42.3 Å². The van der Waals surface area contributed by atoms with Gasteiger partial charge in [-0.05, 0) is 38.6 Å². The first kappa shape index (κ1) is 23.5. The Morgan fingerprint density at radius 3 is 2.50 bits per heavy atom. The molecule has 0 bridgehead atoms. The number of carbonyl (C=O) groups excluding carboxylic acids is 2. The summed E-state index contributed by atoms with van der Waals surface area (Å²) in [7, 11) is 0. The lowest BCUT2D eigenvalue weighted by molar-refractivity contribution is -0.163. The lowest BCUT2D eigenvalue weighted by Crippen LogP contribution is -2.63. The minimum atomic E-state index is -1.06. The minimum absolute atomic E-state index is 0.0234. The highest BCUT2D eigenvalue weighted by molar-refractivity contribution is 8.03. The number of fused-ring (bicyclic) bond motifs is 1. The largest absolute Gasteiger partial charge is 0.477 e. The molecule has 4 aliphatic heterocycles. The number of carboxylic acids is 1. The van der Waals surface area contributed by atoms with Crippen LogP contribution in [-0.2, 0) is 14.4 Å². The van der Waals surface area contributed by atoms with E-state index in [-0.39, 0.29) is 36.0 Å². The Morgan fingerprint density at radius 1 is 1.22 bits per heavy atom. The van der Waals surface area contributed by atoms with Crippen molar-refractivity contribution in [1.82, 2.24) is 14.7 Å². The molecule has 2 amide bonds. The second-order valence-electron chi connectivity index (χ2n) is 9.59. The zero-order valence-corrected chi connectivity index (χ0v) is 19.6. The Labute approximate surface area is 193 Å². The topological polar surface area (TPSA) is 127 Å². The van der Waals surface area contributed by atoms with Gasteiger partial charge in [0.05, 0.1) is 24.6 Å². The molecule has 3 saturated heterocycles. The minimum Gasteiger partial charge on any atom is -0.477 e. The summed E-state index contributed by atoms with van der Waals surface area (Å²) < 4.78 is 0. The van der Waals surface area contributed by atoms with E-state index in [0.717, 1.165) is 56.9 Å². The van der Waals surface area contributed by atoms with Crippen LogP contribution in [0.2, 0.25) is 0 Å². The number of likely N-dealkylation sites (tertiary alicyclic amines) is 2. The molecule has 9 nitrogen and oxygen atoms in total. The first-order chi connectivity index (χ1) is 15.2. The van der Waals surface area contributed by atoms with Crippen LogP contribution in [-0.4, -0.2) is 99.4 Å². The fourth-order valence-electron chi connectivity index (χ4n) is 5.78. The molecule has 5 atom stereocenters. The van der Waals surface area contributed by atoms with Gasteiger partial charge in [-0.3, -0.25) is 9.59 Å². The number of amides is 2. The van der Waals surface area contributed by atoms with Crippen molar-refractivity contribution in [3.8, 4) is 0 Å². The van der Waals surface area contributed by atoms with Gasteiger partial charge in [-0.2, -0.15) is 0 Å². The third-order valence-corrected chi connectivity index (χ3v) is 9.03. The van der Waals surface area contributed by atoms with E-state index in [1.807, 2.05) is 11.8 Å². The number of carbonyl (C=O) groups is 3. The molecular weight excluding hydrogens is 432 g/mol. The summed E-state index contributed by atoms with van der Waals surface area (Å²) in [6.45, 7) is 8.07. The van der Waals surface area contributed by atoms with Crippen molar-refractivity contribution in [2.24, 2.45) is 23.5 Å². The van der Waals surface area contributed by atoms with Gasteiger partial charge in [0.1, 0.15) is 5.70 Å². The van der Waals surface area contributed by atoms with Crippen LogP contribution in [0.1, 0.15) is 33.1 Å². The highest BCUT2D eigenvalue weighted by Crippen LogP contribution is 2.51. The molecule has 0 unspecified atom stereocenters. The molecule has 4 rings (SSSR count). The fraction of sp³-hybridized carbons (Fsp3) is 0.773. The Morgan fingerprint density at radius 2 is 1.91 bits per heavy atom. The molecule has 4 aliphatic rings. The van der Waals surface area contributed by atoms with Crippen LogP contribution >= 0.6 is 11.8 Å². The standard InChI is InChI=1S/C22H34N4O5S/c1-12-18-17(13(2)27)21(29)26(18)19(22(30)31)20(12)32-15-5-6-24(11-15)10-14-3-7-25(8-4-14)16(28)9-23/h12-15,17-18,27H,3-11,23H2,1-2H3,(H,30,31)/t12-,13-,15-,17-,18-/m1/s1. The number of aliphatic hydroxyl groups is 1. The quantitative estimate of drug-likeness (QED) is 0.453. The number of rotatable bonds is 7. The van der Waals surface area contributed by atoms with Gasteiger partial charge in [-0.1, -0.05) is 6.92 Å². The zero-order valence-electron chi connectivity index (χ0n) is 18.8. The number of hydrogen-bond acceptors (Lipinski definition) is 7. The molecule has 0 saturated carbocycles. The molecule has 4 N–H and O–H groups in total. The van der Waals surface area contributed by atoms with Crippen molar-refractivity contribution >= 4 is 29.5 Å². The highest BCUT2D eigenvalue weighted by Gasteiger charge is 2.60. The third kappa shape index (κ3) is 4.18. The molecule has 0 aromatic heterocycles. The van der Waals surface area contributed by atoms with Gasteiger partial charge >= 0.3 is 5.97 Å². The van der Waals surface area contributed by atoms with Crippen LogP contribution in [0.5, 0.6) is 0 Å². The van der Waals surface area contributed by atoms with E-state index in [9.17, 15) is 24.6 Å². The van der Waals surface area contributed by atoms with Gasteiger partial charge in [-0.15, -0.1) is 11.8 Å². The fourth-order valence-corrected chi connectivity index (χ4v) is 7.30. The van der Waals surface area contributed by atoms with E-state index in [0.29, 0.717) is 11.2 Å². The molecule has 0 aliphatic carbocycles. The summed E-state index contributed by atoms with van der Waals surface area (Å²) in [5.41, 5.74) is 5.58. The van der Waals surface area contributed by atoms with Crippen molar-refractivity contribution < 1.29 is 24.6 Å². The molecule has 0 spiro atoms. The summed E-state index contributed by atoms with van der Waals surface area (Å²) >= 11 is 1.61. The molecule has 178 valence electrons. The van der Waals surface area contributed by atoms with E-state index < -0.39 is 18.0 Å². The first-order valence-electron chi connectivity index (χ1n) is 11.6. The number of nitrogens with zero attached hydrogens (tertiary/aromatic N) is 3. The molecule has 0 aromatic carbocycles. The Balaban J connectivity index is 1.34. The zero-order chi connectivity index (χ0) is 23.2. The number of nitrogens with two attached hydrogens (primary N) is 1. The van der Waals surface area contributed by atoms with E-state index in [1.54, 1.807) is 18.7 Å². The lowest BCUT2D eigenvalue weighted by Gasteiger charge is -2.46. The van der Waals surface area contributed by atoms with Gasteiger partial charge in [0.15, 0.2) is 0 Å². The third-order valence-electron chi connectivity index (χ3n) is 7.49. The van der Waals surface area contributed by atoms with Crippen LogP contribution in [0.4, 0.5) is 0 Å². The summed E-state index contributed by atoms with van der Waals surface area (Å²) in [5.74, 6) is -1.36. The van der Waals surface area contributed by atoms with Gasteiger partial charge < -0.3 is 30.6 Å². The molecule has 32 heavy (non-hydrogen) atoms. The maximum absolute atomic E-state index is 12.5. The van der Waals surface area contributed by atoms with E-state index >= 15 is 0 Å². The summed E-state index contributed by atoms with van der Waals surface area (Å²) in [6.07, 6.45) is 2.19. The maximum atomic E-state index is 12.5. The van der Waals surface area contributed by atoms with Crippen molar-refractivity contribution in [3.63, 3.8) is 0 Å². The predicted octanol–water partition coefficient (Wildman–Crippen LogP) is 0.145. The normalized spacial score (nSPS) is 32.3. The van der Waals surface area contributed by atoms with E-state index in [1.165, 1.54) is 4.90 Å². The van der Waals surface area contributed by atoms with Gasteiger partial charge in [0.2, 0.25) is 11.8 Å². The monoisotopic (exact) mass is 466 g/mol. The van der Waals surface area contributed by atoms with Crippen LogP contribution in [0.3, 0.4) is 0 Å². The number of thioether (sulfide) groups is 1. The predicted molar refractivity (Wildman–Crippen MR) is 120 cm³/mol. The average molecular weight is 467 g/mol. The Kier molecular flexibility index (Phi) is 6.86. The second kappa shape index (κ2) is 9.32. The van der Waals surface area contributed by atoms with Crippen LogP contribution in [0.25, 0.3) is 0 Å². The Bertz CT molecular complexity index is 810.